The van der Waals surface area contributed by atoms with Gasteiger partial charge in [0.25, 0.3) is 0 Å². The highest BCUT2D eigenvalue weighted by Gasteiger charge is 2.18. The Morgan fingerprint density at radius 2 is 0.800 bits per heavy atom. The smallest absolute Gasteiger partial charge is 0.0448 e. The van der Waals surface area contributed by atoms with Crippen LogP contribution in [0.4, 0.5) is 0 Å². The third kappa shape index (κ3) is 4.10. The SMILES string of the molecule is c1ccc(-c2c3ccccc3c(-c3ccc(-c4ccc5sc6ccc7c(sc8ccc9ccccc9c87)c6c5c4)cc3)c3ccccc23)cc1. The van der Waals surface area contributed by atoms with Gasteiger partial charge in [0.1, 0.15) is 0 Å². The zero-order chi connectivity index (χ0) is 32.8. The molecule has 0 fully saturated rings. The van der Waals surface area contributed by atoms with Crippen molar-refractivity contribution in [3.63, 3.8) is 0 Å². The van der Waals surface area contributed by atoms with Crippen LogP contribution in [0.25, 0.3) is 106 Å². The highest BCUT2D eigenvalue weighted by molar-refractivity contribution is 7.29. The Balaban J connectivity index is 1.08. The van der Waals surface area contributed by atoms with Gasteiger partial charge in [-0.15, -0.1) is 22.7 Å². The van der Waals surface area contributed by atoms with Crippen LogP contribution in [-0.2, 0) is 0 Å². The lowest BCUT2D eigenvalue weighted by Gasteiger charge is -2.18. The third-order valence-electron chi connectivity index (χ3n) is 10.5. The molecule has 0 saturated heterocycles. The zero-order valence-electron chi connectivity index (χ0n) is 27.0. The van der Waals surface area contributed by atoms with Crippen molar-refractivity contribution in [3.05, 3.63) is 170 Å². The fraction of sp³-hybridized carbons (Fsp3) is 0. The van der Waals surface area contributed by atoms with E-state index in [0.717, 1.165) is 0 Å². The van der Waals surface area contributed by atoms with Crippen LogP contribution >= 0.6 is 22.7 Å². The van der Waals surface area contributed by atoms with Gasteiger partial charge < -0.3 is 0 Å². The first-order valence-corrected chi connectivity index (χ1v) is 18.7. The molecule has 232 valence electrons. The van der Waals surface area contributed by atoms with Gasteiger partial charge in [-0.3, -0.25) is 0 Å². The molecule has 0 saturated carbocycles. The van der Waals surface area contributed by atoms with E-state index in [4.69, 9.17) is 0 Å². The number of hydrogen-bond acceptors (Lipinski definition) is 2. The van der Waals surface area contributed by atoms with Crippen molar-refractivity contribution >= 4 is 95.3 Å². The van der Waals surface area contributed by atoms with Gasteiger partial charge in [0, 0.05) is 40.3 Å². The van der Waals surface area contributed by atoms with Crippen molar-refractivity contribution < 1.29 is 0 Å². The summed E-state index contributed by atoms with van der Waals surface area (Å²) in [5, 5.41) is 13.3. The van der Waals surface area contributed by atoms with Gasteiger partial charge in [-0.2, -0.15) is 0 Å². The average molecular weight is 669 g/mol. The van der Waals surface area contributed by atoms with Crippen LogP contribution in [0, 0.1) is 0 Å². The molecule has 9 aromatic carbocycles. The van der Waals surface area contributed by atoms with Crippen molar-refractivity contribution in [2.45, 2.75) is 0 Å². The number of benzene rings is 9. The van der Waals surface area contributed by atoms with E-state index < -0.39 is 0 Å². The Bertz CT molecular complexity index is 3070. The molecule has 2 heteroatoms. The van der Waals surface area contributed by atoms with Crippen LogP contribution in [0.2, 0.25) is 0 Å². The van der Waals surface area contributed by atoms with E-state index in [9.17, 15) is 0 Å². The average Bonchev–Trinajstić information content (AvgIpc) is 3.75. The van der Waals surface area contributed by atoms with E-state index in [0.29, 0.717) is 0 Å². The lowest BCUT2D eigenvalue weighted by molar-refractivity contribution is 1.63. The lowest BCUT2D eigenvalue weighted by atomic mass is 9.86. The lowest BCUT2D eigenvalue weighted by Crippen LogP contribution is -1.90. The fourth-order valence-electron chi connectivity index (χ4n) is 8.23. The Kier molecular flexibility index (Phi) is 6.09. The molecule has 0 amide bonds. The number of rotatable bonds is 3. The third-order valence-corrected chi connectivity index (χ3v) is 12.8. The minimum absolute atomic E-state index is 1.24. The summed E-state index contributed by atoms with van der Waals surface area (Å²) < 4.78 is 5.44. The summed E-state index contributed by atoms with van der Waals surface area (Å²) in [4.78, 5) is 0. The summed E-state index contributed by atoms with van der Waals surface area (Å²) in [5.41, 5.74) is 7.57. The van der Waals surface area contributed by atoms with Gasteiger partial charge in [0.2, 0.25) is 0 Å². The number of hydrogen-bond donors (Lipinski definition) is 0. The van der Waals surface area contributed by atoms with Crippen molar-refractivity contribution in [1.82, 2.24) is 0 Å². The monoisotopic (exact) mass is 668 g/mol. The van der Waals surface area contributed by atoms with Crippen LogP contribution in [-0.4, -0.2) is 0 Å². The quantitative estimate of drug-likeness (QED) is 0.164. The van der Waals surface area contributed by atoms with Crippen molar-refractivity contribution in [2.75, 3.05) is 0 Å². The minimum Gasteiger partial charge on any atom is -0.135 e. The van der Waals surface area contributed by atoms with Crippen LogP contribution in [0.3, 0.4) is 0 Å². The Labute approximate surface area is 297 Å². The molecule has 0 N–H and O–H groups in total. The second kappa shape index (κ2) is 10.9. The molecular formula is C48H28S2. The fourth-order valence-corrected chi connectivity index (χ4v) is 10.7. The van der Waals surface area contributed by atoms with E-state index in [1.54, 1.807) is 0 Å². The zero-order valence-corrected chi connectivity index (χ0v) is 28.6. The predicted octanol–water partition coefficient (Wildman–Crippen LogP) is 14.9. The molecule has 0 atom stereocenters. The molecule has 0 aliphatic heterocycles. The molecule has 0 aliphatic rings. The van der Waals surface area contributed by atoms with E-state index >= 15 is 0 Å². The van der Waals surface area contributed by atoms with Crippen molar-refractivity contribution in [3.8, 4) is 33.4 Å². The summed E-state index contributed by atoms with van der Waals surface area (Å²) in [7, 11) is 0. The number of fused-ring (bicyclic) bond motifs is 11. The summed E-state index contributed by atoms with van der Waals surface area (Å²) in [5.74, 6) is 0. The summed E-state index contributed by atoms with van der Waals surface area (Å²) in [6.45, 7) is 0. The van der Waals surface area contributed by atoms with E-state index in [1.165, 1.54) is 106 Å². The molecule has 11 aromatic rings. The first kappa shape index (κ1) is 28.1. The maximum atomic E-state index is 2.42. The van der Waals surface area contributed by atoms with Crippen LogP contribution in [0.5, 0.6) is 0 Å². The molecule has 0 bridgehead atoms. The molecule has 0 radical (unpaired) electrons. The van der Waals surface area contributed by atoms with Gasteiger partial charge in [0.05, 0.1) is 0 Å². The Morgan fingerprint density at radius 3 is 1.50 bits per heavy atom. The second-order valence-electron chi connectivity index (χ2n) is 13.2. The first-order valence-electron chi connectivity index (χ1n) is 17.1. The van der Waals surface area contributed by atoms with Gasteiger partial charge in [0.15, 0.2) is 0 Å². The molecule has 2 aromatic heterocycles. The normalized spacial score (nSPS) is 12.0. The Morgan fingerprint density at radius 1 is 0.280 bits per heavy atom. The molecule has 50 heavy (non-hydrogen) atoms. The van der Waals surface area contributed by atoms with E-state index in [-0.39, 0.29) is 0 Å². The Hall–Kier alpha value is -5.80. The molecule has 0 aliphatic carbocycles. The summed E-state index contributed by atoms with van der Waals surface area (Å²) >= 11 is 3.84. The molecule has 0 nitrogen and oxygen atoms in total. The van der Waals surface area contributed by atoms with Gasteiger partial charge >= 0.3 is 0 Å². The summed E-state index contributed by atoms with van der Waals surface area (Å²) in [6, 6.07) is 62.9. The maximum Gasteiger partial charge on any atom is 0.0448 e. The minimum atomic E-state index is 1.24. The highest BCUT2D eigenvalue weighted by atomic mass is 32.1. The first-order chi connectivity index (χ1) is 24.8. The molecule has 11 rings (SSSR count). The van der Waals surface area contributed by atoms with Crippen LogP contribution < -0.4 is 0 Å². The van der Waals surface area contributed by atoms with Gasteiger partial charge in [-0.05, 0) is 90.0 Å². The molecule has 2 heterocycles. The molecular weight excluding hydrogens is 641 g/mol. The van der Waals surface area contributed by atoms with E-state index in [2.05, 4.69) is 170 Å². The number of thiophene rings is 2. The maximum absolute atomic E-state index is 2.42. The largest absolute Gasteiger partial charge is 0.135 e. The van der Waals surface area contributed by atoms with Crippen molar-refractivity contribution in [2.24, 2.45) is 0 Å². The predicted molar refractivity (Wildman–Crippen MR) is 221 cm³/mol. The second-order valence-corrected chi connectivity index (χ2v) is 15.3. The standard InChI is InChI=1S/C48H28S2/c1-2-11-31(12-3-1)44-35-14-6-8-16-37(35)45(38-17-9-7-15-36(38)44)32-20-18-29(19-21-32)33-23-25-41-40(28-33)47-43(49-41)27-24-39-46-34-13-5-4-10-30(34)22-26-42(46)50-48(39)47/h1-28H. The van der Waals surface area contributed by atoms with Crippen LogP contribution in [0.15, 0.2) is 170 Å². The van der Waals surface area contributed by atoms with Crippen LogP contribution in [0.1, 0.15) is 0 Å². The topological polar surface area (TPSA) is 0 Å². The highest BCUT2D eigenvalue weighted by Crippen LogP contribution is 2.47. The molecule has 0 spiro atoms. The molecule has 0 unspecified atom stereocenters. The van der Waals surface area contributed by atoms with Crippen molar-refractivity contribution in [1.29, 1.82) is 0 Å². The van der Waals surface area contributed by atoms with Gasteiger partial charge in [-0.1, -0.05) is 146 Å². The summed E-state index contributed by atoms with van der Waals surface area (Å²) in [6.07, 6.45) is 0. The van der Waals surface area contributed by atoms with Gasteiger partial charge in [-0.25, -0.2) is 0 Å². The van der Waals surface area contributed by atoms with E-state index in [1.807, 2.05) is 22.7 Å².